The zero-order valence-corrected chi connectivity index (χ0v) is 9.27. The number of para-hydroxylation sites is 1. The van der Waals surface area contributed by atoms with Crippen LogP contribution in [0.25, 0.3) is 21.9 Å². The standard InChI is InChI=1S/C14H10O3/c1-9(15)16-10-6-7-14-12(8-10)11-4-2-3-5-13(11)17-14/h2-8H,1H3. The van der Waals surface area contributed by atoms with Crippen LogP contribution < -0.4 is 4.74 Å². The van der Waals surface area contributed by atoms with E-state index in [1.807, 2.05) is 36.4 Å². The summed E-state index contributed by atoms with van der Waals surface area (Å²) in [7, 11) is 0. The SMILES string of the molecule is CC(=O)Oc1ccc2oc3ccccc3c2c1. The van der Waals surface area contributed by atoms with Crippen LogP contribution in [0.4, 0.5) is 0 Å². The molecule has 17 heavy (non-hydrogen) atoms. The van der Waals surface area contributed by atoms with Crippen molar-refractivity contribution in [3.63, 3.8) is 0 Å². The number of benzene rings is 2. The summed E-state index contributed by atoms with van der Waals surface area (Å²) in [5.41, 5.74) is 1.63. The van der Waals surface area contributed by atoms with Crippen molar-refractivity contribution in [2.75, 3.05) is 0 Å². The Labute approximate surface area is 97.6 Å². The van der Waals surface area contributed by atoms with Crippen LogP contribution in [0.3, 0.4) is 0 Å². The van der Waals surface area contributed by atoms with Gasteiger partial charge >= 0.3 is 5.97 Å². The van der Waals surface area contributed by atoms with Gasteiger partial charge in [-0.3, -0.25) is 4.79 Å². The highest BCUT2D eigenvalue weighted by atomic mass is 16.5. The second-order valence-corrected chi connectivity index (χ2v) is 3.85. The van der Waals surface area contributed by atoms with Crippen molar-refractivity contribution in [1.82, 2.24) is 0 Å². The Morgan fingerprint density at radius 1 is 1.06 bits per heavy atom. The molecule has 3 aromatic rings. The lowest BCUT2D eigenvalue weighted by molar-refractivity contribution is -0.131. The Morgan fingerprint density at radius 3 is 2.65 bits per heavy atom. The molecule has 3 rings (SSSR count). The minimum absolute atomic E-state index is 0.322. The molecule has 1 aromatic heterocycles. The van der Waals surface area contributed by atoms with Crippen LogP contribution in [-0.2, 0) is 4.79 Å². The fourth-order valence-electron chi connectivity index (χ4n) is 1.93. The van der Waals surface area contributed by atoms with Crippen molar-refractivity contribution in [2.24, 2.45) is 0 Å². The first-order valence-corrected chi connectivity index (χ1v) is 5.34. The molecule has 3 nitrogen and oxygen atoms in total. The molecule has 0 atom stereocenters. The van der Waals surface area contributed by atoms with Gasteiger partial charge < -0.3 is 9.15 Å². The van der Waals surface area contributed by atoms with Gasteiger partial charge in [0.15, 0.2) is 0 Å². The number of carbonyl (C=O) groups is 1. The van der Waals surface area contributed by atoms with Crippen molar-refractivity contribution in [3.8, 4) is 5.75 Å². The fraction of sp³-hybridized carbons (Fsp3) is 0.0714. The van der Waals surface area contributed by atoms with Crippen LogP contribution >= 0.6 is 0 Å². The average Bonchev–Trinajstić information content (AvgIpc) is 2.66. The van der Waals surface area contributed by atoms with Gasteiger partial charge in [-0.2, -0.15) is 0 Å². The summed E-state index contributed by atoms with van der Waals surface area (Å²) in [6, 6.07) is 13.1. The topological polar surface area (TPSA) is 39.4 Å². The van der Waals surface area contributed by atoms with Crippen molar-refractivity contribution in [1.29, 1.82) is 0 Å². The molecule has 0 saturated heterocycles. The van der Waals surface area contributed by atoms with Crippen LogP contribution in [0.1, 0.15) is 6.92 Å². The Hall–Kier alpha value is -2.29. The maximum atomic E-state index is 10.9. The number of rotatable bonds is 1. The highest BCUT2D eigenvalue weighted by Crippen LogP contribution is 2.31. The molecule has 0 aliphatic rings. The number of fused-ring (bicyclic) bond motifs is 3. The molecule has 0 saturated carbocycles. The van der Waals surface area contributed by atoms with E-state index < -0.39 is 0 Å². The predicted molar refractivity (Wildman–Crippen MR) is 65.0 cm³/mol. The van der Waals surface area contributed by atoms with Crippen molar-refractivity contribution in [2.45, 2.75) is 6.92 Å². The van der Waals surface area contributed by atoms with Gasteiger partial charge in [0.05, 0.1) is 0 Å². The molecule has 84 valence electrons. The van der Waals surface area contributed by atoms with E-state index in [1.54, 1.807) is 6.07 Å². The van der Waals surface area contributed by atoms with E-state index in [2.05, 4.69) is 0 Å². The van der Waals surface area contributed by atoms with E-state index in [-0.39, 0.29) is 5.97 Å². The van der Waals surface area contributed by atoms with Crippen molar-refractivity contribution in [3.05, 3.63) is 42.5 Å². The second-order valence-electron chi connectivity index (χ2n) is 3.85. The maximum Gasteiger partial charge on any atom is 0.308 e. The number of esters is 1. The number of hydrogen-bond acceptors (Lipinski definition) is 3. The first-order valence-electron chi connectivity index (χ1n) is 5.34. The Morgan fingerprint density at radius 2 is 1.82 bits per heavy atom. The molecule has 0 radical (unpaired) electrons. The van der Waals surface area contributed by atoms with E-state index in [1.165, 1.54) is 6.92 Å². The third kappa shape index (κ3) is 1.65. The van der Waals surface area contributed by atoms with Crippen LogP contribution in [0.15, 0.2) is 46.9 Å². The summed E-state index contributed by atoms with van der Waals surface area (Å²) in [6.45, 7) is 1.39. The summed E-state index contributed by atoms with van der Waals surface area (Å²) >= 11 is 0. The predicted octanol–water partition coefficient (Wildman–Crippen LogP) is 3.51. The Balaban J connectivity index is 2.26. The zero-order valence-electron chi connectivity index (χ0n) is 9.27. The Bertz CT molecular complexity index is 710. The smallest absolute Gasteiger partial charge is 0.308 e. The highest BCUT2D eigenvalue weighted by molar-refractivity contribution is 6.05. The molecular formula is C14H10O3. The lowest BCUT2D eigenvalue weighted by Crippen LogP contribution is -2.00. The van der Waals surface area contributed by atoms with Gasteiger partial charge in [0, 0.05) is 17.7 Å². The molecule has 0 aliphatic carbocycles. The number of furan rings is 1. The zero-order chi connectivity index (χ0) is 11.8. The lowest BCUT2D eigenvalue weighted by atomic mass is 10.1. The molecule has 0 bridgehead atoms. The van der Waals surface area contributed by atoms with Gasteiger partial charge in [-0.15, -0.1) is 0 Å². The average molecular weight is 226 g/mol. The van der Waals surface area contributed by atoms with Crippen molar-refractivity contribution >= 4 is 27.9 Å². The summed E-state index contributed by atoms with van der Waals surface area (Å²) in [5.74, 6) is 0.216. The molecule has 0 aliphatic heterocycles. The van der Waals surface area contributed by atoms with Gasteiger partial charge in [-0.1, -0.05) is 18.2 Å². The molecule has 0 N–H and O–H groups in total. The van der Waals surface area contributed by atoms with E-state index in [9.17, 15) is 4.79 Å². The molecule has 0 fully saturated rings. The molecule has 0 spiro atoms. The van der Waals surface area contributed by atoms with Crippen LogP contribution in [0.2, 0.25) is 0 Å². The lowest BCUT2D eigenvalue weighted by Gasteiger charge is -1.99. The molecule has 2 aromatic carbocycles. The van der Waals surface area contributed by atoms with Gasteiger partial charge in [0.2, 0.25) is 0 Å². The van der Waals surface area contributed by atoms with Crippen LogP contribution in [0.5, 0.6) is 5.75 Å². The number of ether oxygens (including phenoxy) is 1. The van der Waals surface area contributed by atoms with E-state index >= 15 is 0 Å². The maximum absolute atomic E-state index is 10.9. The first kappa shape index (κ1) is 9.90. The molecular weight excluding hydrogens is 216 g/mol. The third-order valence-corrected chi connectivity index (χ3v) is 2.61. The highest BCUT2D eigenvalue weighted by Gasteiger charge is 2.07. The van der Waals surface area contributed by atoms with Crippen molar-refractivity contribution < 1.29 is 13.9 Å². The number of carbonyl (C=O) groups excluding carboxylic acids is 1. The summed E-state index contributed by atoms with van der Waals surface area (Å²) < 4.78 is 10.7. The molecule has 1 heterocycles. The quantitative estimate of drug-likeness (QED) is 0.471. The third-order valence-electron chi connectivity index (χ3n) is 2.61. The molecule has 3 heteroatoms. The fourth-order valence-corrected chi connectivity index (χ4v) is 1.93. The van der Waals surface area contributed by atoms with Gasteiger partial charge in [-0.25, -0.2) is 0 Å². The first-order chi connectivity index (χ1) is 8.24. The molecule has 0 amide bonds. The second kappa shape index (κ2) is 3.63. The Kier molecular flexibility index (Phi) is 2.11. The summed E-state index contributed by atoms with van der Waals surface area (Å²) in [4.78, 5) is 10.9. The monoisotopic (exact) mass is 226 g/mol. The van der Waals surface area contributed by atoms with Gasteiger partial charge in [0.1, 0.15) is 16.9 Å². The van der Waals surface area contributed by atoms with Crippen LogP contribution in [-0.4, -0.2) is 5.97 Å². The van der Waals surface area contributed by atoms with Gasteiger partial charge in [-0.05, 0) is 24.3 Å². The van der Waals surface area contributed by atoms with E-state index in [0.29, 0.717) is 5.75 Å². The summed E-state index contributed by atoms with van der Waals surface area (Å²) in [6.07, 6.45) is 0. The minimum atomic E-state index is -0.322. The minimum Gasteiger partial charge on any atom is -0.456 e. The summed E-state index contributed by atoms with van der Waals surface area (Å²) in [5, 5.41) is 1.98. The van der Waals surface area contributed by atoms with E-state index in [0.717, 1.165) is 21.9 Å². The van der Waals surface area contributed by atoms with Crippen LogP contribution in [0, 0.1) is 0 Å². The van der Waals surface area contributed by atoms with E-state index in [4.69, 9.17) is 9.15 Å². The number of hydrogen-bond donors (Lipinski definition) is 0. The van der Waals surface area contributed by atoms with Gasteiger partial charge in [0.25, 0.3) is 0 Å². The normalized spacial score (nSPS) is 10.9. The molecule has 0 unspecified atom stereocenters. The largest absolute Gasteiger partial charge is 0.456 e.